The zero-order valence-corrected chi connectivity index (χ0v) is 28.0. The van der Waals surface area contributed by atoms with Gasteiger partial charge in [0.1, 0.15) is 11.2 Å². The minimum atomic E-state index is -5.23. The fourth-order valence-corrected chi connectivity index (χ4v) is 7.40. The fraction of sp³-hybridized carbons (Fsp3) is 0.394. The molecular weight excluding hydrogens is 691 g/mol. The van der Waals surface area contributed by atoms with E-state index in [9.17, 15) is 14.4 Å². The Balaban J connectivity index is 1.82. The van der Waals surface area contributed by atoms with E-state index in [2.05, 4.69) is 11.6 Å². The number of hydrogen-bond donors (Lipinski definition) is 1. The number of nitrogens with zero attached hydrogens (tertiary/aromatic N) is 5. The van der Waals surface area contributed by atoms with Gasteiger partial charge in [-0.1, -0.05) is 32.0 Å². The topological polar surface area (TPSA) is 116 Å². The van der Waals surface area contributed by atoms with Crippen LogP contribution in [0.3, 0.4) is 0 Å². The van der Waals surface area contributed by atoms with Gasteiger partial charge in [0.2, 0.25) is 11.7 Å². The molecule has 16 heteroatoms. The Bertz CT molecular complexity index is 2050. The molecule has 0 radical (unpaired) electrons. The molecule has 3 aromatic heterocycles. The van der Waals surface area contributed by atoms with Crippen LogP contribution in [0, 0.1) is 0 Å². The number of carbonyl (C=O) groups excluding carboxylic acids is 1. The zero-order valence-electron chi connectivity index (χ0n) is 26.5. The summed E-state index contributed by atoms with van der Waals surface area (Å²) in [4.78, 5) is 49.6. The van der Waals surface area contributed by atoms with Gasteiger partial charge in [-0.2, -0.15) is 13.2 Å². The number of aromatic nitrogens is 3. The molecule has 0 aromatic carbocycles. The molecule has 49 heavy (non-hydrogen) atoms. The highest BCUT2D eigenvalue weighted by Gasteiger charge is 2.43. The Morgan fingerprint density at radius 2 is 1.80 bits per heavy atom. The maximum Gasteiger partial charge on any atom is 0.431 e. The van der Waals surface area contributed by atoms with Crippen LogP contribution < -0.4 is 26.5 Å². The number of piperazine rings is 1. The third-order valence-electron chi connectivity index (χ3n) is 9.19. The maximum atomic E-state index is 15.9. The van der Waals surface area contributed by atoms with Gasteiger partial charge in [0.25, 0.3) is 11.1 Å². The summed E-state index contributed by atoms with van der Waals surface area (Å²) in [7, 11) is 0. The molecule has 2 aliphatic heterocycles. The summed E-state index contributed by atoms with van der Waals surface area (Å²) in [6.07, 6.45) is -1.38. The number of rotatable bonds is 5. The van der Waals surface area contributed by atoms with Gasteiger partial charge in [-0.3, -0.25) is 28.5 Å². The van der Waals surface area contributed by atoms with Gasteiger partial charge in [-0.25, -0.2) is 4.39 Å². The molecule has 6 rings (SSSR count). The number of hydrogen-bond acceptors (Lipinski definition) is 7. The summed E-state index contributed by atoms with van der Waals surface area (Å²) >= 11 is 12.3. The lowest BCUT2D eigenvalue weighted by Gasteiger charge is -2.42. The monoisotopic (exact) mass is 722 g/mol. The summed E-state index contributed by atoms with van der Waals surface area (Å²) < 4.78 is 68.5. The minimum absolute atomic E-state index is 0.000731. The highest BCUT2D eigenvalue weighted by atomic mass is 35.5. The van der Waals surface area contributed by atoms with Crippen LogP contribution in [0.2, 0.25) is 0 Å². The van der Waals surface area contributed by atoms with Gasteiger partial charge in [-0.05, 0) is 42.2 Å². The molecule has 1 unspecified atom stereocenters. The molecule has 3 aliphatic rings. The summed E-state index contributed by atoms with van der Waals surface area (Å²) in [5, 5.41) is -2.13. The molecule has 0 saturated carbocycles. The standard InChI is InChI=1S/C33H32Cl2F4N6O4/c1-4-16-13-41-14-17(5-2)26(16)45-28-19(27-30(32(45)48)49-10-7-18-15-42(23(46)6-3)8-9-43(18)27)11-22(33(37,38)39)44(31(28)47)29-24(36)20(34)12-21(35)25(29)40/h6,11-14,18,20,24H,3-5,7-10,15,40H2,1-2H3/t18-,20-,24?/m0/s1. The lowest BCUT2D eigenvalue weighted by molar-refractivity contribution is -0.142. The van der Waals surface area contributed by atoms with Crippen molar-refractivity contribution in [1.82, 2.24) is 19.0 Å². The Morgan fingerprint density at radius 3 is 2.41 bits per heavy atom. The molecule has 1 fully saturated rings. The van der Waals surface area contributed by atoms with Crippen LogP contribution in [0.4, 0.5) is 23.2 Å². The first kappa shape index (κ1) is 34.6. The second-order valence-corrected chi connectivity index (χ2v) is 12.8. The molecule has 3 atom stereocenters. The second kappa shape index (κ2) is 12.9. The number of pyridine rings is 3. The van der Waals surface area contributed by atoms with E-state index in [4.69, 9.17) is 33.7 Å². The first-order valence-corrected chi connectivity index (χ1v) is 16.4. The number of amides is 1. The molecule has 1 saturated heterocycles. The molecule has 1 amide bonds. The van der Waals surface area contributed by atoms with Gasteiger partial charge in [-0.15, -0.1) is 11.6 Å². The summed E-state index contributed by atoms with van der Waals surface area (Å²) in [6, 6.07) is 0.222. The fourth-order valence-electron chi connectivity index (χ4n) is 6.85. The summed E-state index contributed by atoms with van der Waals surface area (Å²) in [5.74, 6) is -0.579. The highest BCUT2D eigenvalue weighted by molar-refractivity contribution is 6.34. The van der Waals surface area contributed by atoms with Crippen LogP contribution >= 0.6 is 23.2 Å². The van der Waals surface area contributed by atoms with Crippen LogP contribution in [0.5, 0.6) is 5.75 Å². The van der Waals surface area contributed by atoms with Crippen molar-refractivity contribution in [3.05, 3.63) is 85.4 Å². The number of anilines is 1. The highest BCUT2D eigenvalue weighted by Crippen LogP contribution is 2.43. The predicted octanol–water partition coefficient (Wildman–Crippen LogP) is 4.89. The maximum absolute atomic E-state index is 15.9. The third kappa shape index (κ3) is 5.58. The van der Waals surface area contributed by atoms with E-state index < -0.39 is 57.5 Å². The molecular formula is C33H32Cl2F4N6O4. The van der Waals surface area contributed by atoms with Crippen LogP contribution in [0.25, 0.3) is 22.3 Å². The van der Waals surface area contributed by atoms with Crippen molar-refractivity contribution in [2.24, 2.45) is 5.73 Å². The Hall–Kier alpha value is -4.30. The first-order valence-electron chi connectivity index (χ1n) is 15.6. The largest absolute Gasteiger partial charge is 0.486 e. The van der Waals surface area contributed by atoms with Crippen molar-refractivity contribution in [3.63, 3.8) is 0 Å². The smallest absolute Gasteiger partial charge is 0.431 e. The third-order valence-corrected chi connectivity index (χ3v) is 9.87. The van der Waals surface area contributed by atoms with Gasteiger partial charge >= 0.3 is 6.18 Å². The molecule has 10 nitrogen and oxygen atoms in total. The van der Waals surface area contributed by atoms with Crippen molar-refractivity contribution in [1.29, 1.82) is 0 Å². The van der Waals surface area contributed by atoms with Gasteiger partial charge in [0.15, 0.2) is 6.17 Å². The van der Waals surface area contributed by atoms with Gasteiger partial charge in [0.05, 0.1) is 45.8 Å². The number of nitrogens with two attached hydrogens (primary N) is 1. The number of allylic oxidation sites excluding steroid dienone is 3. The van der Waals surface area contributed by atoms with Crippen molar-refractivity contribution in [2.75, 3.05) is 31.1 Å². The van der Waals surface area contributed by atoms with Gasteiger partial charge < -0.3 is 20.3 Å². The Morgan fingerprint density at radius 1 is 1.12 bits per heavy atom. The van der Waals surface area contributed by atoms with E-state index in [0.29, 0.717) is 36.5 Å². The quantitative estimate of drug-likeness (QED) is 0.227. The number of aryl methyl sites for hydroxylation is 2. The molecule has 260 valence electrons. The van der Waals surface area contributed by atoms with Crippen molar-refractivity contribution < 1.29 is 27.1 Å². The average molecular weight is 724 g/mol. The molecule has 0 spiro atoms. The SMILES string of the molecule is C=CC(=O)N1CCN2c3c(c(=O)n(-c4c(CC)cncc4CC)c4c(=O)n(C5=C(N)C(Cl)=C[C@H](Cl)C5F)c(C(F)(F)F)cc34)OCC[C@H]2C1. The number of halogens is 6. The van der Waals surface area contributed by atoms with E-state index in [1.807, 2.05) is 0 Å². The van der Waals surface area contributed by atoms with E-state index in [0.717, 1.165) is 10.6 Å². The summed E-state index contributed by atoms with van der Waals surface area (Å²) in [6.45, 7) is 7.59. The Labute approximate surface area is 287 Å². The van der Waals surface area contributed by atoms with Gasteiger partial charge in [0, 0.05) is 43.8 Å². The minimum Gasteiger partial charge on any atom is -0.486 e. The van der Waals surface area contributed by atoms with Crippen LogP contribution in [-0.2, 0) is 23.8 Å². The molecule has 5 heterocycles. The number of alkyl halides is 5. The average Bonchev–Trinajstić information content (AvgIpc) is 3.27. The van der Waals surface area contributed by atoms with Crippen molar-refractivity contribution in [2.45, 2.75) is 56.9 Å². The molecule has 3 aromatic rings. The zero-order chi connectivity index (χ0) is 35.5. The number of ether oxygens (including phenoxy) is 1. The van der Waals surface area contributed by atoms with E-state index in [1.165, 1.54) is 18.5 Å². The molecule has 1 aliphatic carbocycles. The second-order valence-electron chi connectivity index (χ2n) is 11.9. The van der Waals surface area contributed by atoms with Crippen LogP contribution in [0.1, 0.15) is 37.1 Å². The molecule has 2 N–H and O–H groups in total. The molecule has 0 bridgehead atoms. The lowest BCUT2D eigenvalue weighted by Crippen LogP contribution is -2.54. The Kier molecular flexibility index (Phi) is 9.07. The summed E-state index contributed by atoms with van der Waals surface area (Å²) in [5.41, 5.74) is 1.66. The van der Waals surface area contributed by atoms with Crippen molar-refractivity contribution in [3.8, 4) is 11.4 Å². The van der Waals surface area contributed by atoms with Crippen LogP contribution in [0.15, 0.2) is 57.5 Å². The van der Waals surface area contributed by atoms with E-state index >= 15 is 17.6 Å². The van der Waals surface area contributed by atoms with Crippen LogP contribution in [-0.4, -0.2) is 68.8 Å². The normalized spacial score (nSPS) is 21.1. The number of fused-ring (bicyclic) bond motifs is 5. The lowest BCUT2D eigenvalue weighted by atomic mass is 10.0. The van der Waals surface area contributed by atoms with E-state index in [1.54, 1.807) is 23.6 Å². The first-order chi connectivity index (χ1) is 23.2. The predicted molar refractivity (Wildman–Crippen MR) is 179 cm³/mol. The number of carbonyl (C=O) groups is 1. The van der Waals surface area contributed by atoms with E-state index in [-0.39, 0.29) is 64.3 Å². The van der Waals surface area contributed by atoms with Crippen molar-refractivity contribution >= 4 is 51.4 Å².